The Kier molecular flexibility index (Phi) is 4.51. The number of benzene rings is 1. The fraction of sp³-hybridized carbons (Fsp3) is 0. The van der Waals surface area contributed by atoms with E-state index in [1.54, 1.807) is 18.2 Å². The number of carbonyl (C=O) groups excluding carboxylic acids is 1. The molecule has 2 aromatic rings. The number of hydrogen-bond acceptors (Lipinski definition) is 3. The van der Waals surface area contributed by atoms with E-state index in [0.717, 1.165) is 4.47 Å². The third-order valence-corrected chi connectivity index (χ3v) is 3.59. The van der Waals surface area contributed by atoms with E-state index in [-0.39, 0.29) is 11.6 Å². The first-order chi connectivity index (χ1) is 9.47. The Labute approximate surface area is 131 Å². The van der Waals surface area contributed by atoms with Gasteiger partial charge in [0.15, 0.2) is 0 Å². The molecule has 20 heavy (non-hydrogen) atoms. The first-order valence-electron chi connectivity index (χ1n) is 5.43. The number of carboxylic acids is 1. The molecule has 0 aliphatic heterocycles. The third kappa shape index (κ3) is 3.43. The van der Waals surface area contributed by atoms with E-state index >= 15 is 0 Å². The topological polar surface area (TPSA) is 79.3 Å². The predicted octanol–water partition coefficient (Wildman–Crippen LogP) is 3.56. The van der Waals surface area contributed by atoms with Gasteiger partial charge in [-0.2, -0.15) is 0 Å². The highest BCUT2D eigenvalue weighted by Gasteiger charge is 2.12. The van der Waals surface area contributed by atoms with Crippen LogP contribution in [0, 0.1) is 0 Å². The lowest BCUT2D eigenvalue weighted by molar-refractivity contribution is 0.0690. The van der Waals surface area contributed by atoms with Crippen LogP contribution in [0.2, 0.25) is 0 Å². The molecule has 0 bridgehead atoms. The molecule has 0 saturated carbocycles. The highest BCUT2D eigenvalue weighted by Crippen LogP contribution is 2.22. The summed E-state index contributed by atoms with van der Waals surface area (Å²) in [6.07, 6.45) is 1.33. The number of aromatic carboxylic acids is 1. The molecule has 0 aliphatic carbocycles. The average Bonchev–Trinajstić information content (AvgIpc) is 2.41. The molecule has 7 heteroatoms. The lowest BCUT2D eigenvalue weighted by Gasteiger charge is -2.07. The zero-order valence-corrected chi connectivity index (χ0v) is 13.1. The lowest BCUT2D eigenvalue weighted by atomic mass is 10.2. The van der Waals surface area contributed by atoms with Crippen LogP contribution < -0.4 is 5.32 Å². The van der Waals surface area contributed by atoms with Gasteiger partial charge in [0.2, 0.25) is 0 Å². The average molecular weight is 400 g/mol. The van der Waals surface area contributed by atoms with Crippen LogP contribution in [0.15, 0.2) is 45.5 Å². The molecular formula is C13H8Br2N2O3. The maximum atomic E-state index is 12.1. The van der Waals surface area contributed by atoms with E-state index in [0.29, 0.717) is 15.7 Å². The Balaban J connectivity index is 2.25. The maximum absolute atomic E-state index is 12.1. The van der Waals surface area contributed by atoms with Gasteiger partial charge in [0.25, 0.3) is 5.91 Å². The number of nitrogens with one attached hydrogen (secondary N) is 1. The van der Waals surface area contributed by atoms with E-state index in [9.17, 15) is 9.59 Å². The highest BCUT2D eigenvalue weighted by molar-refractivity contribution is 9.11. The molecule has 0 saturated heterocycles. The molecule has 1 amide bonds. The van der Waals surface area contributed by atoms with Crippen molar-refractivity contribution in [3.8, 4) is 0 Å². The molecule has 0 fully saturated rings. The summed E-state index contributed by atoms with van der Waals surface area (Å²) in [5.74, 6) is -1.49. The van der Waals surface area contributed by atoms with E-state index in [1.165, 1.54) is 18.3 Å². The second-order valence-corrected chi connectivity index (χ2v) is 5.58. The third-order valence-electron chi connectivity index (χ3n) is 2.41. The van der Waals surface area contributed by atoms with Crippen LogP contribution in [0.4, 0.5) is 5.69 Å². The summed E-state index contributed by atoms with van der Waals surface area (Å²) in [6.45, 7) is 0. The Morgan fingerprint density at radius 3 is 2.60 bits per heavy atom. The zero-order chi connectivity index (χ0) is 14.7. The van der Waals surface area contributed by atoms with Gasteiger partial charge < -0.3 is 10.4 Å². The molecule has 1 heterocycles. The molecule has 5 nitrogen and oxygen atoms in total. The predicted molar refractivity (Wildman–Crippen MR) is 81.0 cm³/mol. The van der Waals surface area contributed by atoms with Gasteiger partial charge >= 0.3 is 5.97 Å². The van der Waals surface area contributed by atoms with Crippen molar-refractivity contribution in [3.63, 3.8) is 0 Å². The molecule has 0 atom stereocenters. The van der Waals surface area contributed by atoms with Crippen molar-refractivity contribution in [2.75, 3.05) is 5.32 Å². The SMILES string of the molecule is O=C(O)c1cc(NC(=O)c2cc(Br)ccc2Br)ccn1. The molecular weight excluding hydrogens is 392 g/mol. The first-order valence-corrected chi connectivity index (χ1v) is 7.02. The minimum Gasteiger partial charge on any atom is -0.477 e. The largest absolute Gasteiger partial charge is 0.477 e. The minimum absolute atomic E-state index is 0.129. The van der Waals surface area contributed by atoms with Crippen LogP contribution in [0.25, 0.3) is 0 Å². The van der Waals surface area contributed by atoms with Gasteiger partial charge in [-0.05, 0) is 46.3 Å². The van der Waals surface area contributed by atoms with E-state index in [4.69, 9.17) is 5.11 Å². The monoisotopic (exact) mass is 398 g/mol. The Hall–Kier alpha value is -1.73. The van der Waals surface area contributed by atoms with Crippen molar-refractivity contribution in [1.82, 2.24) is 4.98 Å². The van der Waals surface area contributed by atoms with Crippen molar-refractivity contribution in [1.29, 1.82) is 0 Å². The molecule has 0 spiro atoms. The van der Waals surface area contributed by atoms with Gasteiger partial charge in [-0.3, -0.25) is 4.79 Å². The normalized spacial score (nSPS) is 10.1. The molecule has 1 aromatic carbocycles. The summed E-state index contributed by atoms with van der Waals surface area (Å²) < 4.78 is 1.41. The highest BCUT2D eigenvalue weighted by atomic mass is 79.9. The summed E-state index contributed by atoms with van der Waals surface area (Å²) in [7, 11) is 0. The van der Waals surface area contributed by atoms with Crippen molar-refractivity contribution in [2.45, 2.75) is 0 Å². The van der Waals surface area contributed by atoms with Crippen molar-refractivity contribution in [3.05, 3.63) is 56.7 Å². The fourth-order valence-electron chi connectivity index (χ4n) is 1.50. The standard InChI is InChI=1S/C13H8Br2N2O3/c14-7-1-2-10(15)9(5-7)12(18)17-8-3-4-16-11(6-8)13(19)20/h1-6H,(H,19,20)(H,16,17,18). The van der Waals surface area contributed by atoms with Crippen LogP contribution in [-0.2, 0) is 0 Å². The second-order valence-electron chi connectivity index (χ2n) is 3.81. The summed E-state index contributed by atoms with van der Waals surface area (Å²) in [6, 6.07) is 8.03. The fourth-order valence-corrected chi connectivity index (χ4v) is 2.28. The smallest absolute Gasteiger partial charge is 0.354 e. The van der Waals surface area contributed by atoms with E-state index in [1.807, 2.05) is 0 Å². The quantitative estimate of drug-likeness (QED) is 0.826. The van der Waals surface area contributed by atoms with E-state index < -0.39 is 5.97 Å². The first kappa shape index (κ1) is 14.7. The number of halogens is 2. The number of carboxylic acid groups (broad SMARTS) is 1. The molecule has 1 aromatic heterocycles. The van der Waals surface area contributed by atoms with Crippen LogP contribution in [-0.4, -0.2) is 22.0 Å². The number of carbonyl (C=O) groups is 2. The van der Waals surface area contributed by atoms with E-state index in [2.05, 4.69) is 42.2 Å². The van der Waals surface area contributed by atoms with Crippen molar-refractivity contribution < 1.29 is 14.7 Å². The number of amides is 1. The number of anilines is 1. The van der Waals surface area contributed by atoms with Crippen molar-refractivity contribution in [2.24, 2.45) is 0 Å². The number of aromatic nitrogens is 1. The van der Waals surface area contributed by atoms with Crippen LogP contribution in [0.1, 0.15) is 20.8 Å². The Morgan fingerprint density at radius 1 is 1.15 bits per heavy atom. The van der Waals surface area contributed by atoms with Gasteiger partial charge in [0.1, 0.15) is 5.69 Å². The summed E-state index contributed by atoms with van der Waals surface area (Å²) >= 11 is 6.59. The molecule has 0 radical (unpaired) electrons. The second kappa shape index (κ2) is 6.15. The number of nitrogens with zero attached hydrogens (tertiary/aromatic N) is 1. The zero-order valence-electron chi connectivity index (χ0n) is 9.93. The van der Waals surface area contributed by atoms with Crippen molar-refractivity contribution >= 4 is 49.4 Å². The number of pyridine rings is 1. The molecule has 2 N–H and O–H groups in total. The molecule has 0 aliphatic rings. The Bertz CT molecular complexity index is 689. The van der Waals surface area contributed by atoms with Gasteiger partial charge in [-0.25, -0.2) is 9.78 Å². The van der Waals surface area contributed by atoms with Crippen LogP contribution in [0.3, 0.4) is 0 Å². The van der Waals surface area contributed by atoms with Gasteiger partial charge in [0, 0.05) is 20.8 Å². The number of hydrogen-bond donors (Lipinski definition) is 2. The molecule has 2 rings (SSSR count). The maximum Gasteiger partial charge on any atom is 0.354 e. The van der Waals surface area contributed by atoms with Gasteiger partial charge in [-0.15, -0.1) is 0 Å². The Morgan fingerprint density at radius 2 is 1.90 bits per heavy atom. The van der Waals surface area contributed by atoms with Gasteiger partial charge in [0.05, 0.1) is 5.56 Å². The summed E-state index contributed by atoms with van der Waals surface area (Å²) in [4.78, 5) is 26.6. The van der Waals surface area contributed by atoms with Gasteiger partial charge in [-0.1, -0.05) is 15.9 Å². The molecule has 0 unspecified atom stereocenters. The molecule has 102 valence electrons. The minimum atomic E-state index is -1.15. The van der Waals surface area contributed by atoms with Crippen LogP contribution in [0.5, 0.6) is 0 Å². The number of rotatable bonds is 3. The van der Waals surface area contributed by atoms with Crippen LogP contribution >= 0.6 is 31.9 Å². The summed E-state index contributed by atoms with van der Waals surface area (Å²) in [5, 5.41) is 11.5. The summed E-state index contributed by atoms with van der Waals surface area (Å²) in [5.41, 5.74) is 0.679. The lowest BCUT2D eigenvalue weighted by Crippen LogP contribution is -2.13.